The van der Waals surface area contributed by atoms with E-state index in [9.17, 15) is 0 Å². The zero-order valence-electron chi connectivity index (χ0n) is 13.7. The van der Waals surface area contributed by atoms with Crippen molar-refractivity contribution < 1.29 is 4.52 Å². The third-order valence-electron chi connectivity index (χ3n) is 3.77. The van der Waals surface area contributed by atoms with E-state index in [1.54, 1.807) is 4.52 Å². The van der Waals surface area contributed by atoms with E-state index in [2.05, 4.69) is 34.4 Å². The first-order valence-corrected chi connectivity index (χ1v) is 9.09. The highest BCUT2D eigenvalue weighted by Gasteiger charge is 2.11. The molecule has 0 unspecified atom stereocenters. The molecule has 4 rings (SSSR count). The first kappa shape index (κ1) is 16.1. The number of hydrogen-bond donors (Lipinski definition) is 1. The normalized spacial score (nSPS) is 11.5. The van der Waals surface area contributed by atoms with E-state index in [0.717, 1.165) is 32.8 Å². The van der Waals surface area contributed by atoms with Gasteiger partial charge in [-0.3, -0.25) is 0 Å². The van der Waals surface area contributed by atoms with Gasteiger partial charge in [-0.2, -0.15) is 0 Å². The van der Waals surface area contributed by atoms with Gasteiger partial charge in [-0.05, 0) is 18.1 Å². The van der Waals surface area contributed by atoms with Gasteiger partial charge in [0.05, 0.1) is 24.1 Å². The fraction of sp³-hybridized carbons (Fsp3) is 0.235. The number of halogens is 1. The average molecular weight is 374 g/mol. The van der Waals surface area contributed by atoms with Crippen LogP contribution in [0.25, 0.3) is 16.2 Å². The highest BCUT2D eigenvalue weighted by Crippen LogP contribution is 2.26. The Morgan fingerprint density at radius 3 is 2.76 bits per heavy atom. The molecule has 0 fully saturated rings. The predicted octanol–water partition coefficient (Wildman–Crippen LogP) is 4.83. The molecule has 0 aliphatic heterocycles. The Labute approximate surface area is 153 Å². The number of nitrogens with one attached hydrogen (secondary N) is 1. The maximum atomic E-state index is 5.93. The fourth-order valence-corrected chi connectivity index (χ4v) is 3.28. The van der Waals surface area contributed by atoms with E-state index < -0.39 is 0 Å². The van der Waals surface area contributed by atoms with Gasteiger partial charge in [0, 0.05) is 16.7 Å². The second-order valence-corrected chi connectivity index (χ2v) is 7.39. The number of nitrogens with zero attached hydrogens (tertiary/aromatic N) is 4. The van der Waals surface area contributed by atoms with Gasteiger partial charge in [0.15, 0.2) is 5.76 Å². The van der Waals surface area contributed by atoms with Crippen LogP contribution in [0.1, 0.15) is 31.2 Å². The number of rotatable bonds is 5. The van der Waals surface area contributed by atoms with E-state index in [-0.39, 0.29) is 0 Å². The van der Waals surface area contributed by atoms with Gasteiger partial charge in [0.2, 0.25) is 10.1 Å². The number of fused-ring (bicyclic) bond motifs is 1. The largest absolute Gasteiger partial charge is 0.359 e. The number of anilines is 1. The molecule has 1 aromatic carbocycles. The highest BCUT2D eigenvalue weighted by atomic mass is 35.5. The Morgan fingerprint density at radius 1 is 1.28 bits per heavy atom. The third kappa shape index (κ3) is 3.38. The molecule has 0 spiro atoms. The Kier molecular flexibility index (Phi) is 4.19. The van der Waals surface area contributed by atoms with Gasteiger partial charge in [-0.15, -0.1) is 5.10 Å². The van der Waals surface area contributed by atoms with Crippen molar-refractivity contribution in [1.29, 1.82) is 0 Å². The molecule has 6 nitrogen and oxygen atoms in total. The standard InChI is InChI=1S/C17H16ClN5OS/c1-10(2)14-7-13(24-22-14)8-19-16-21-23-9-15(20-17(23)25-16)11-3-5-12(18)6-4-11/h3-7,9-10H,8H2,1-2H3,(H,19,21). The predicted molar refractivity (Wildman–Crippen MR) is 99.2 cm³/mol. The van der Waals surface area contributed by atoms with Crippen LogP contribution in [-0.4, -0.2) is 19.8 Å². The van der Waals surface area contributed by atoms with Crippen molar-refractivity contribution in [2.75, 3.05) is 5.32 Å². The second-order valence-electron chi connectivity index (χ2n) is 5.99. The van der Waals surface area contributed by atoms with Crippen molar-refractivity contribution in [1.82, 2.24) is 19.8 Å². The Morgan fingerprint density at radius 2 is 2.08 bits per heavy atom. The van der Waals surface area contributed by atoms with Crippen LogP contribution in [0, 0.1) is 0 Å². The summed E-state index contributed by atoms with van der Waals surface area (Å²) in [5, 5.41) is 13.3. The lowest BCUT2D eigenvalue weighted by Gasteiger charge is -1.97. The van der Waals surface area contributed by atoms with Gasteiger partial charge in [-0.1, -0.05) is 54.1 Å². The molecule has 25 heavy (non-hydrogen) atoms. The van der Waals surface area contributed by atoms with E-state index in [1.807, 2.05) is 36.5 Å². The van der Waals surface area contributed by atoms with Gasteiger partial charge >= 0.3 is 0 Å². The minimum atomic E-state index is 0.354. The minimum Gasteiger partial charge on any atom is -0.359 e. The van der Waals surface area contributed by atoms with Crippen LogP contribution in [0.15, 0.2) is 41.1 Å². The molecule has 8 heteroatoms. The number of imidazole rings is 1. The van der Waals surface area contributed by atoms with Crippen LogP contribution in [0.3, 0.4) is 0 Å². The highest BCUT2D eigenvalue weighted by molar-refractivity contribution is 7.20. The SMILES string of the molecule is CC(C)c1cc(CNc2nn3cc(-c4ccc(Cl)cc4)nc3s2)on1. The van der Waals surface area contributed by atoms with Crippen molar-refractivity contribution in [3.63, 3.8) is 0 Å². The molecule has 0 aliphatic rings. The summed E-state index contributed by atoms with van der Waals surface area (Å²) in [7, 11) is 0. The van der Waals surface area contributed by atoms with Crippen LogP contribution in [-0.2, 0) is 6.54 Å². The van der Waals surface area contributed by atoms with E-state index in [0.29, 0.717) is 17.5 Å². The zero-order chi connectivity index (χ0) is 17.4. The lowest BCUT2D eigenvalue weighted by molar-refractivity contribution is 0.379. The molecule has 3 heterocycles. The quantitative estimate of drug-likeness (QED) is 0.542. The van der Waals surface area contributed by atoms with Gasteiger partial charge in [0.1, 0.15) is 0 Å². The smallest absolute Gasteiger partial charge is 0.214 e. The summed E-state index contributed by atoms with van der Waals surface area (Å²) in [6, 6.07) is 9.57. The molecule has 4 aromatic rings. The molecule has 0 aliphatic carbocycles. The first-order valence-electron chi connectivity index (χ1n) is 7.90. The maximum absolute atomic E-state index is 5.93. The fourth-order valence-electron chi connectivity index (χ4n) is 2.38. The van der Waals surface area contributed by atoms with E-state index in [1.165, 1.54) is 11.3 Å². The Hall–Kier alpha value is -2.38. The van der Waals surface area contributed by atoms with Gasteiger partial charge in [-0.25, -0.2) is 9.50 Å². The number of hydrogen-bond acceptors (Lipinski definition) is 6. The average Bonchev–Trinajstić information content (AvgIpc) is 3.28. The lowest BCUT2D eigenvalue weighted by Crippen LogP contribution is -1.98. The molecule has 128 valence electrons. The second kappa shape index (κ2) is 6.50. The van der Waals surface area contributed by atoms with Crippen LogP contribution in [0.2, 0.25) is 5.02 Å². The molecular weight excluding hydrogens is 358 g/mol. The van der Waals surface area contributed by atoms with E-state index >= 15 is 0 Å². The van der Waals surface area contributed by atoms with Crippen LogP contribution in [0.4, 0.5) is 5.13 Å². The molecule has 0 bridgehead atoms. The first-order chi connectivity index (χ1) is 12.1. The zero-order valence-corrected chi connectivity index (χ0v) is 15.3. The molecule has 0 atom stereocenters. The number of aromatic nitrogens is 4. The number of benzene rings is 1. The molecule has 0 amide bonds. The summed E-state index contributed by atoms with van der Waals surface area (Å²) in [4.78, 5) is 5.44. The minimum absolute atomic E-state index is 0.354. The molecular formula is C17H16ClN5OS. The Bertz CT molecular complexity index is 970. The van der Waals surface area contributed by atoms with Crippen molar-refractivity contribution >= 4 is 33.0 Å². The summed E-state index contributed by atoms with van der Waals surface area (Å²) in [5.74, 6) is 1.14. The van der Waals surface area contributed by atoms with Crippen LogP contribution < -0.4 is 5.32 Å². The van der Waals surface area contributed by atoms with E-state index in [4.69, 9.17) is 16.1 Å². The van der Waals surface area contributed by atoms with Gasteiger partial charge < -0.3 is 9.84 Å². The van der Waals surface area contributed by atoms with Crippen molar-refractivity contribution in [2.45, 2.75) is 26.3 Å². The molecule has 1 N–H and O–H groups in total. The van der Waals surface area contributed by atoms with Crippen molar-refractivity contribution in [2.24, 2.45) is 0 Å². The summed E-state index contributed by atoms with van der Waals surface area (Å²) < 4.78 is 7.10. The van der Waals surface area contributed by atoms with Crippen molar-refractivity contribution in [3.8, 4) is 11.3 Å². The molecule has 0 radical (unpaired) electrons. The molecule has 0 saturated heterocycles. The van der Waals surface area contributed by atoms with Gasteiger partial charge in [0.25, 0.3) is 0 Å². The monoisotopic (exact) mass is 373 g/mol. The van der Waals surface area contributed by atoms with Crippen LogP contribution >= 0.6 is 22.9 Å². The summed E-state index contributed by atoms with van der Waals surface area (Å²) in [5.41, 5.74) is 2.84. The molecule has 0 saturated carbocycles. The Balaban J connectivity index is 1.48. The van der Waals surface area contributed by atoms with Crippen molar-refractivity contribution in [3.05, 3.63) is 53.0 Å². The lowest BCUT2D eigenvalue weighted by atomic mass is 10.1. The summed E-state index contributed by atoms with van der Waals surface area (Å²) in [6.45, 7) is 4.72. The van der Waals surface area contributed by atoms with Crippen LogP contribution in [0.5, 0.6) is 0 Å². The summed E-state index contributed by atoms with van der Waals surface area (Å²) >= 11 is 7.41. The topological polar surface area (TPSA) is 68.2 Å². The molecule has 3 aromatic heterocycles. The third-order valence-corrected chi connectivity index (χ3v) is 4.90. The maximum Gasteiger partial charge on any atom is 0.214 e. The summed E-state index contributed by atoms with van der Waals surface area (Å²) in [6.07, 6.45) is 1.91.